The van der Waals surface area contributed by atoms with Gasteiger partial charge in [-0.15, -0.1) is 0 Å². The van der Waals surface area contributed by atoms with Gasteiger partial charge in [-0.3, -0.25) is 4.79 Å². The second kappa shape index (κ2) is 7.34. The van der Waals surface area contributed by atoms with E-state index in [0.717, 1.165) is 6.42 Å². The van der Waals surface area contributed by atoms with Gasteiger partial charge in [0.25, 0.3) is 5.91 Å². The minimum atomic E-state index is -0.164. The third-order valence-corrected chi connectivity index (χ3v) is 3.27. The van der Waals surface area contributed by atoms with Crippen LogP contribution in [0.1, 0.15) is 62.8 Å². The van der Waals surface area contributed by atoms with Gasteiger partial charge in [0.15, 0.2) is 5.76 Å². The van der Waals surface area contributed by atoms with E-state index in [9.17, 15) is 4.79 Å². The lowest BCUT2D eigenvalue weighted by Crippen LogP contribution is -2.33. The van der Waals surface area contributed by atoms with E-state index in [1.807, 2.05) is 0 Å². The maximum atomic E-state index is 11.9. The molecule has 4 nitrogen and oxygen atoms in total. The summed E-state index contributed by atoms with van der Waals surface area (Å²) >= 11 is 0. The topological polar surface area (TPSA) is 68.3 Å². The summed E-state index contributed by atoms with van der Waals surface area (Å²) in [6, 6.07) is 3.41. The first-order valence-electron chi connectivity index (χ1n) is 7.05. The smallest absolute Gasteiger partial charge is 0.287 e. The van der Waals surface area contributed by atoms with Gasteiger partial charge >= 0.3 is 0 Å². The van der Waals surface area contributed by atoms with Gasteiger partial charge in [-0.25, -0.2) is 0 Å². The molecule has 0 atom stereocenters. The summed E-state index contributed by atoms with van der Waals surface area (Å²) in [6.45, 7) is 7.53. The molecule has 0 unspecified atom stereocenters. The van der Waals surface area contributed by atoms with Crippen molar-refractivity contribution in [2.45, 2.75) is 53.0 Å². The van der Waals surface area contributed by atoms with Gasteiger partial charge in [-0.05, 0) is 24.0 Å². The zero-order valence-corrected chi connectivity index (χ0v) is 12.3. The van der Waals surface area contributed by atoms with Gasteiger partial charge in [-0.2, -0.15) is 0 Å². The highest BCUT2D eigenvalue weighted by Crippen LogP contribution is 2.22. The summed E-state index contributed by atoms with van der Waals surface area (Å²) in [5.74, 6) is 0.806. The van der Waals surface area contributed by atoms with Crippen LogP contribution in [-0.4, -0.2) is 12.5 Å². The Morgan fingerprint density at radius 1 is 1.37 bits per heavy atom. The SMILES string of the molecule is CCCCCC(C)(C)CNC(=O)c1ccc(CN)o1. The van der Waals surface area contributed by atoms with Gasteiger partial charge in [-0.1, -0.05) is 40.0 Å². The van der Waals surface area contributed by atoms with E-state index in [1.165, 1.54) is 19.3 Å². The average molecular weight is 266 g/mol. The molecule has 19 heavy (non-hydrogen) atoms. The van der Waals surface area contributed by atoms with Crippen LogP contribution in [0.4, 0.5) is 0 Å². The molecular weight excluding hydrogens is 240 g/mol. The van der Waals surface area contributed by atoms with Crippen LogP contribution in [0.5, 0.6) is 0 Å². The van der Waals surface area contributed by atoms with Crippen molar-refractivity contribution in [3.8, 4) is 0 Å². The lowest BCUT2D eigenvalue weighted by atomic mass is 9.87. The predicted octanol–water partition coefficient (Wildman–Crippen LogP) is 3.07. The minimum Gasteiger partial charge on any atom is -0.455 e. The Morgan fingerprint density at radius 3 is 2.68 bits per heavy atom. The van der Waals surface area contributed by atoms with Crippen molar-refractivity contribution in [1.29, 1.82) is 0 Å². The quantitative estimate of drug-likeness (QED) is 0.710. The lowest BCUT2D eigenvalue weighted by Gasteiger charge is -2.24. The molecule has 0 saturated heterocycles. The molecule has 0 aromatic carbocycles. The highest BCUT2D eigenvalue weighted by molar-refractivity contribution is 5.91. The lowest BCUT2D eigenvalue weighted by molar-refractivity contribution is 0.0904. The van der Waals surface area contributed by atoms with Crippen LogP contribution >= 0.6 is 0 Å². The molecule has 0 saturated carbocycles. The fraction of sp³-hybridized carbons (Fsp3) is 0.667. The normalized spacial score (nSPS) is 11.6. The van der Waals surface area contributed by atoms with E-state index in [4.69, 9.17) is 10.2 Å². The van der Waals surface area contributed by atoms with Crippen LogP contribution in [0.25, 0.3) is 0 Å². The van der Waals surface area contributed by atoms with Crippen molar-refractivity contribution in [3.63, 3.8) is 0 Å². The first-order valence-corrected chi connectivity index (χ1v) is 7.05. The second-order valence-corrected chi connectivity index (χ2v) is 5.77. The van der Waals surface area contributed by atoms with Crippen molar-refractivity contribution >= 4 is 5.91 Å². The predicted molar refractivity (Wildman–Crippen MR) is 76.9 cm³/mol. The van der Waals surface area contributed by atoms with E-state index >= 15 is 0 Å². The first kappa shape index (κ1) is 15.8. The summed E-state index contributed by atoms with van der Waals surface area (Å²) < 4.78 is 5.32. The van der Waals surface area contributed by atoms with E-state index in [0.29, 0.717) is 24.6 Å². The minimum absolute atomic E-state index is 0.119. The van der Waals surface area contributed by atoms with Crippen LogP contribution in [0.2, 0.25) is 0 Å². The summed E-state index contributed by atoms with van der Waals surface area (Å²) in [6.07, 6.45) is 4.79. The molecule has 1 amide bonds. The summed E-state index contributed by atoms with van der Waals surface area (Å²) in [7, 11) is 0. The Labute approximate surface area is 115 Å². The number of carbonyl (C=O) groups excluding carboxylic acids is 1. The summed E-state index contributed by atoms with van der Waals surface area (Å²) in [4.78, 5) is 11.9. The van der Waals surface area contributed by atoms with Gasteiger partial charge in [0.05, 0.1) is 6.54 Å². The van der Waals surface area contributed by atoms with Crippen LogP contribution in [-0.2, 0) is 6.54 Å². The third kappa shape index (κ3) is 5.47. The molecule has 3 N–H and O–H groups in total. The standard InChI is InChI=1S/C15H26N2O2/c1-4-5-6-9-15(2,3)11-17-14(18)13-8-7-12(10-16)19-13/h7-8H,4-6,9-11,16H2,1-3H3,(H,17,18). The molecule has 0 fully saturated rings. The number of furan rings is 1. The Hall–Kier alpha value is -1.29. The Bertz CT molecular complexity index is 397. The molecule has 0 aliphatic heterocycles. The number of nitrogens with two attached hydrogens (primary N) is 1. The maximum absolute atomic E-state index is 11.9. The number of carbonyl (C=O) groups is 1. The maximum Gasteiger partial charge on any atom is 0.287 e. The summed E-state index contributed by atoms with van der Waals surface area (Å²) in [5, 5.41) is 2.93. The van der Waals surface area contributed by atoms with Gasteiger partial charge in [0.1, 0.15) is 5.76 Å². The Morgan fingerprint density at radius 2 is 2.11 bits per heavy atom. The van der Waals surface area contributed by atoms with Crippen molar-refractivity contribution in [2.75, 3.05) is 6.54 Å². The van der Waals surface area contributed by atoms with E-state index < -0.39 is 0 Å². The zero-order valence-electron chi connectivity index (χ0n) is 12.3. The number of rotatable bonds is 8. The average Bonchev–Trinajstić information content (AvgIpc) is 2.85. The van der Waals surface area contributed by atoms with Crippen LogP contribution in [0, 0.1) is 5.41 Å². The van der Waals surface area contributed by atoms with E-state index in [-0.39, 0.29) is 11.3 Å². The molecule has 1 heterocycles. The fourth-order valence-electron chi connectivity index (χ4n) is 1.96. The number of unbranched alkanes of at least 4 members (excludes halogenated alkanes) is 2. The largest absolute Gasteiger partial charge is 0.455 e. The highest BCUT2D eigenvalue weighted by atomic mass is 16.4. The third-order valence-electron chi connectivity index (χ3n) is 3.27. The molecule has 1 aromatic heterocycles. The van der Waals surface area contributed by atoms with Gasteiger partial charge < -0.3 is 15.5 Å². The molecule has 0 radical (unpaired) electrons. The number of hydrogen-bond acceptors (Lipinski definition) is 3. The van der Waals surface area contributed by atoms with Crippen molar-refractivity contribution in [3.05, 3.63) is 23.7 Å². The molecule has 4 heteroatoms. The van der Waals surface area contributed by atoms with Gasteiger partial charge in [0.2, 0.25) is 0 Å². The molecule has 0 aliphatic rings. The Balaban J connectivity index is 2.40. The van der Waals surface area contributed by atoms with Crippen molar-refractivity contribution < 1.29 is 9.21 Å². The number of nitrogens with one attached hydrogen (secondary N) is 1. The van der Waals surface area contributed by atoms with Crippen LogP contribution in [0.15, 0.2) is 16.5 Å². The van der Waals surface area contributed by atoms with Crippen molar-refractivity contribution in [2.24, 2.45) is 11.1 Å². The van der Waals surface area contributed by atoms with E-state index in [2.05, 4.69) is 26.1 Å². The monoisotopic (exact) mass is 266 g/mol. The molecule has 1 rings (SSSR count). The molecule has 108 valence electrons. The molecule has 1 aromatic rings. The zero-order chi connectivity index (χ0) is 14.3. The van der Waals surface area contributed by atoms with E-state index in [1.54, 1.807) is 12.1 Å². The molecule has 0 aliphatic carbocycles. The second-order valence-electron chi connectivity index (χ2n) is 5.77. The highest BCUT2D eigenvalue weighted by Gasteiger charge is 2.19. The molecule has 0 bridgehead atoms. The first-order chi connectivity index (χ1) is 8.98. The van der Waals surface area contributed by atoms with Crippen LogP contribution in [0.3, 0.4) is 0 Å². The van der Waals surface area contributed by atoms with Gasteiger partial charge in [0, 0.05) is 6.54 Å². The molecule has 0 spiro atoms. The van der Waals surface area contributed by atoms with Crippen LogP contribution < -0.4 is 11.1 Å². The van der Waals surface area contributed by atoms with Crippen molar-refractivity contribution in [1.82, 2.24) is 5.32 Å². The number of hydrogen-bond donors (Lipinski definition) is 2. The Kier molecular flexibility index (Phi) is 6.09. The summed E-state index contributed by atoms with van der Waals surface area (Å²) in [5.41, 5.74) is 5.57. The molecular formula is C15H26N2O2. The number of amides is 1. The fourth-order valence-corrected chi connectivity index (χ4v) is 1.96.